The summed E-state index contributed by atoms with van der Waals surface area (Å²) in [5.41, 5.74) is 2.37. The fraction of sp³-hybridized carbons (Fsp3) is 0.0769. The molecule has 0 atom stereocenters. The number of nitrogens with zero attached hydrogens (tertiary/aromatic N) is 2. The van der Waals surface area contributed by atoms with E-state index in [0.717, 1.165) is 11.3 Å². The first kappa shape index (κ1) is 11.0. The number of aryl methyl sites for hydroxylation is 1. The van der Waals surface area contributed by atoms with Gasteiger partial charge in [0.2, 0.25) is 0 Å². The van der Waals surface area contributed by atoms with Crippen LogP contribution in [0.1, 0.15) is 5.56 Å². The first-order valence-electron chi connectivity index (χ1n) is 5.49. The first-order chi connectivity index (χ1) is 8.65. The maximum absolute atomic E-state index is 11.8. The van der Waals surface area contributed by atoms with Gasteiger partial charge < -0.3 is 0 Å². The Bertz CT molecular complexity index is 771. The van der Waals surface area contributed by atoms with Crippen LogP contribution in [-0.2, 0) is 0 Å². The summed E-state index contributed by atoms with van der Waals surface area (Å²) in [6.45, 7) is 2.01. The second-order valence-corrected chi connectivity index (χ2v) is 4.50. The third kappa shape index (κ3) is 1.71. The van der Waals surface area contributed by atoms with Gasteiger partial charge in [0.1, 0.15) is 5.15 Å². The minimum atomic E-state index is -0.172. The fourth-order valence-corrected chi connectivity index (χ4v) is 2.01. The third-order valence-electron chi connectivity index (χ3n) is 2.80. The summed E-state index contributed by atoms with van der Waals surface area (Å²) >= 11 is 5.87. The van der Waals surface area contributed by atoms with Crippen LogP contribution >= 0.6 is 11.6 Å². The lowest BCUT2D eigenvalue weighted by atomic mass is 10.2. The van der Waals surface area contributed by atoms with Crippen molar-refractivity contribution in [1.82, 2.24) is 14.8 Å². The SMILES string of the molecule is Cc1ccc(-n2[nH]c(=O)c3ccc(Cl)nc32)cc1. The zero-order valence-electron chi connectivity index (χ0n) is 9.64. The molecule has 0 aliphatic rings. The summed E-state index contributed by atoms with van der Waals surface area (Å²) in [7, 11) is 0. The van der Waals surface area contributed by atoms with Gasteiger partial charge in [-0.1, -0.05) is 29.3 Å². The molecule has 18 heavy (non-hydrogen) atoms. The molecule has 0 radical (unpaired) electrons. The summed E-state index contributed by atoms with van der Waals surface area (Å²) in [6, 6.07) is 11.1. The number of rotatable bonds is 1. The monoisotopic (exact) mass is 259 g/mol. The molecule has 0 unspecified atom stereocenters. The number of pyridine rings is 1. The summed E-state index contributed by atoms with van der Waals surface area (Å²) in [5, 5.41) is 3.65. The van der Waals surface area contributed by atoms with Crippen LogP contribution in [0.2, 0.25) is 5.15 Å². The predicted molar refractivity (Wildman–Crippen MR) is 71.4 cm³/mol. The Morgan fingerprint density at radius 2 is 1.89 bits per heavy atom. The smallest absolute Gasteiger partial charge is 0.267 e. The van der Waals surface area contributed by atoms with Crippen molar-refractivity contribution in [3.8, 4) is 5.69 Å². The quantitative estimate of drug-likeness (QED) is 0.683. The highest BCUT2D eigenvalue weighted by atomic mass is 35.5. The topological polar surface area (TPSA) is 50.7 Å². The molecule has 90 valence electrons. The molecule has 0 amide bonds. The summed E-state index contributed by atoms with van der Waals surface area (Å²) < 4.78 is 1.64. The zero-order chi connectivity index (χ0) is 12.7. The van der Waals surface area contributed by atoms with Crippen molar-refractivity contribution in [2.45, 2.75) is 6.92 Å². The van der Waals surface area contributed by atoms with Crippen molar-refractivity contribution in [3.05, 3.63) is 57.5 Å². The van der Waals surface area contributed by atoms with Crippen LogP contribution in [0.4, 0.5) is 0 Å². The molecule has 1 N–H and O–H groups in total. The highest BCUT2D eigenvalue weighted by Gasteiger charge is 2.09. The van der Waals surface area contributed by atoms with E-state index in [-0.39, 0.29) is 5.56 Å². The molecule has 0 saturated carbocycles. The van der Waals surface area contributed by atoms with E-state index in [4.69, 9.17) is 11.6 Å². The number of aromatic amines is 1. The lowest BCUT2D eigenvalue weighted by Gasteiger charge is -2.04. The molecule has 0 aliphatic carbocycles. The minimum absolute atomic E-state index is 0.172. The highest BCUT2D eigenvalue weighted by Crippen LogP contribution is 2.16. The molecule has 4 nitrogen and oxygen atoms in total. The lowest BCUT2D eigenvalue weighted by Crippen LogP contribution is -2.03. The predicted octanol–water partition coefficient (Wildman–Crippen LogP) is 2.68. The lowest BCUT2D eigenvalue weighted by molar-refractivity contribution is 0.879. The fourth-order valence-electron chi connectivity index (χ4n) is 1.87. The number of nitrogens with one attached hydrogen (secondary N) is 1. The second-order valence-electron chi connectivity index (χ2n) is 4.12. The number of halogens is 1. The van der Waals surface area contributed by atoms with Crippen LogP contribution in [0.15, 0.2) is 41.2 Å². The molecule has 1 aromatic carbocycles. The molecule has 2 aromatic heterocycles. The molecule has 0 bridgehead atoms. The van der Waals surface area contributed by atoms with Crippen LogP contribution in [0.25, 0.3) is 16.7 Å². The van der Waals surface area contributed by atoms with Gasteiger partial charge in [-0.25, -0.2) is 9.67 Å². The van der Waals surface area contributed by atoms with Crippen molar-refractivity contribution < 1.29 is 0 Å². The van der Waals surface area contributed by atoms with Gasteiger partial charge in [0.15, 0.2) is 5.65 Å². The average molecular weight is 260 g/mol. The Labute approximate surface area is 108 Å². The normalized spacial score (nSPS) is 11.0. The van der Waals surface area contributed by atoms with E-state index < -0.39 is 0 Å². The molecule has 0 fully saturated rings. The largest absolute Gasteiger partial charge is 0.274 e. The van der Waals surface area contributed by atoms with Crippen molar-refractivity contribution >= 4 is 22.6 Å². The van der Waals surface area contributed by atoms with Crippen molar-refractivity contribution in [3.63, 3.8) is 0 Å². The van der Waals surface area contributed by atoms with Crippen LogP contribution in [0.5, 0.6) is 0 Å². The van der Waals surface area contributed by atoms with Crippen LogP contribution in [-0.4, -0.2) is 14.8 Å². The number of hydrogen-bond donors (Lipinski definition) is 1. The molecule has 3 rings (SSSR count). The standard InChI is InChI=1S/C13H10ClN3O/c1-8-2-4-9(5-3-8)17-12-10(13(18)16-17)6-7-11(14)15-12/h2-7H,1H3,(H,16,18). The summed E-state index contributed by atoms with van der Waals surface area (Å²) in [5.74, 6) is 0. The van der Waals surface area contributed by atoms with Gasteiger partial charge in [-0.05, 0) is 31.2 Å². The van der Waals surface area contributed by atoms with E-state index in [1.165, 1.54) is 0 Å². The van der Waals surface area contributed by atoms with E-state index in [1.54, 1.807) is 16.8 Å². The van der Waals surface area contributed by atoms with Gasteiger partial charge >= 0.3 is 0 Å². The van der Waals surface area contributed by atoms with Gasteiger partial charge in [-0.2, -0.15) is 0 Å². The number of fused-ring (bicyclic) bond motifs is 1. The van der Waals surface area contributed by atoms with Crippen molar-refractivity contribution in [2.75, 3.05) is 0 Å². The molecular formula is C13H10ClN3O. The first-order valence-corrected chi connectivity index (χ1v) is 5.87. The number of hydrogen-bond acceptors (Lipinski definition) is 2. The Kier molecular flexibility index (Phi) is 2.45. The number of H-pyrrole nitrogens is 1. The van der Waals surface area contributed by atoms with Crippen LogP contribution < -0.4 is 5.56 Å². The maximum Gasteiger partial charge on any atom is 0.274 e. The molecule has 5 heteroatoms. The number of benzene rings is 1. The van der Waals surface area contributed by atoms with Gasteiger partial charge in [0, 0.05) is 0 Å². The van der Waals surface area contributed by atoms with Gasteiger partial charge in [0.25, 0.3) is 5.56 Å². The average Bonchev–Trinajstić information content (AvgIpc) is 2.67. The number of aromatic nitrogens is 3. The Balaban J connectivity index is 2.32. The van der Waals surface area contributed by atoms with Crippen molar-refractivity contribution in [1.29, 1.82) is 0 Å². The van der Waals surface area contributed by atoms with Crippen LogP contribution in [0.3, 0.4) is 0 Å². The Morgan fingerprint density at radius 3 is 2.61 bits per heavy atom. The molecule has 3 aromatic rings. The van der Waals surface area contributed by atoms with Gasteiger partial charge in [0.05, 0.1) is 11.1 Å². The van der Waals surface area contributed by atoms with E-state index >= 15 is 0 Å². The molecule has 0 saturated heterocycles. The maximum atomic E-state index is 11.8. The minimum Gasteiger partial charge on any atom is -0.267 e. The molecule has 0 aliphatic heterocycles. The summed E-state index contributed by atoms with van der Waals surface area (Å²) in [4.78, 5) is 16.0. The Morgan fingerprint density at radius 1 is 1.17 bits per heavy atom. The second kappa shape index (κ2) is 3.99. The van der Waals surface area contributed by atoms with E-state index in [2.05, 4.69) is 10.1 Å². The Hall–Kier alpha value is -2.07. The van der Waals surface area contributed by atoms with Gasteiger partial charge in [-0.3, -0.25) is 9.89 Å². The van der Waals surface area contributed by atoms with E-state index in [1.807, 2.05) is 31.2 Å². The van der Waals surface area contributed by atoms with E-state index in [9.17, 15) is 4.79 Å². The van der Waals surface area contributed by atoms with E-state index in [0.29, 0.717) is 16.2 Å². The highest BCUT2D eigenvalue weighted by molar-refractivity contribution is 6.29. The van der Waals surface area contributed by atoms with Gasteiger partial charge in [-0.15, -0.1) is 0 Å². The van der Waals surface area contributed by atoms with Crippen LogP contribution in [0, 0.1) is 6.92 Å². The van der Waals surface area contributed by atoms with Crippen molar-refractivity contribution in [2.24, 2.45) is 0 Å². The zero-order valence-corrected chi connectivity index (χ0v) is 10.4. The molecule has 0 spiro atoms. The molecular weight excluding hydrogens is 250 g/mol. The molecule has 2 heterocycles. The third-order valence-corrected chi connectivity index (χ3v) is 3.01. The summed E-state index contributed by atoms with van der Waals surface area (Å²) in [6.07, 6.45) is 0.